The Morgan fingerprint density at radius 1 is 1.56 bits per heavy atom. The van der Waals surface area contributed by atoms with Crippen molar-refractivity contribution >= 4 is 42.1 Å². The summed E-state index contributed by atoms with van der Waals surface area (Å²) >= 11 is 1.62. The maximum Gasteiger partial charge on any atom is 0.223 e. The van der Waals surface area contributed by atoms with Gasteiger partial charge in [0.1, 0.15) is 0 Å². The van der Waals surface area contributed by atoms with E-state index in [1.165, 1.54) is 0 Å². The lowest BCUT2D eigenvalue weighted by Gasteiger charge is -2.15. The highest BCUT2D eigenvalue weighted by molar-refractivity contribution is 7.11. The first-order valence-electron chi connectivity index (χ1n) is 4.49. The minimum Gasteiger partial charge on any atom is -0.341 e. The van der Waals surface area contributed by atoms with Gasteiger partial charge in [-0.1, -0.05) is 0 Å². The number of rotatable bonds is 4. The number of hydrogen-bond donors (Lipinski definition) is 1. The van der Waals surface area contributed by atoms with Crippen molar-refractivity contribution in [2.45, 2.75) is 19.9 Å². The minimum absolute atomic E-state index is 0. The van der Waals surface area contributed by atoms with Crippen molar-refractivity contribution in [3.63, 3.8) is 0 Å². The van der Waals surface area contributed by atoms with Gasteiger partial charge in [-0.3, -0.25) is 4.79 Å². The van der Waals surface area contributed by atoms with E-state index in [1.54, 1.807) is 23.3 Å². The molecule has 0 saturated heterocycles. The molecule has 1 amide bonds. The van der Waals surface area contributed by atoms with Crippen LogP contribution < -0.4 is 5.73 Å². The van der Waals surface area contributed by atoms with E-state index in [-0.39, 0.29) is 30.7 Å². The molecule has 0 aliphatic carbocycles. The van der Waals surface area contributed by atoms with Crippen LogP contribution in [0.4, 0.5) is 0 Å². The summed E-state index contributed by atoms with van der Waals surface area (Å²) in [5.74, 6) is 0.0820. The molecule has 4 nitrogen and oxygen atoms in total. The summed E-state index contributed by atoms with van der Waals surface area (Å²) in [4.78, 5) is 18.3. The van der Waals surface area contributed by atoms with Crippen LogP contribution in [0.25, 0.3) is 0 Å². The van der Waals surface area contributed by atoms with Gasteiger partial charge in [-0.25, -0.2) is 4.98 Å². The molecule has 0 unspecified atom stereocenters. The number of amides is 1. The first-order valence-corrected chi connectivity index (χ1v) is 5.30. The number of halogens is 2. The van der Waals surface area contributed by atoms with E-state index in [2.05, 4.69) is 4.98 Å². The first-order chi connectivity index (χ1) is 6.63. The highest BCUT2D eigenvalue weighted by Gasteiger charge is 2.09. The van der Waals surface area contributed by atoms with E-state index in [0.717, 1.165) is 9.88 Å². The van der Waals surface area contributed by atoms with Crippen molar-refractivity contribution in [3.05, 3.63) is 16.1 Å². The number of carbonyl (C=O) groups excluding carboxylic acids is 1. The average molecular weight is 286 g/mol. The van der Waals surface area contributed by atoms with Crippen LogP contribution in [0, 0.1) is 6.92 Å². The molecule has 0 radical (unpaired) electrons. The molecule has 0 bridgehead atoms. The van der Waals surface area contributed by atoms with Gasteiger partial charge in [0.05, 0.1) is 11.6 Å². The molecule has 1 heterocycles. The van der Waals surface area contributed by atoms with E-state index in [0.29, 0.717) is 19.5 Å². The zero-order valence-electron chi connectivity index (χ0n) is 9.30. The Kier molecular flexibility index (Phi) is 9.86. The quantitative estimate of drug-likeness (QED) is 0.914. The fourth-order valence-corrected chi connectivity index (χ4v) is 1.96. The summed E-state index contributed by atoms with van der Waals surface area (Å²) in [6, 6.07) is 0. The Bertz CT molecular complexity index is 319. The predicted molar refractivity (Wildman–Crippen MR) is 71.5 cm³/mol. The number of hydrogen-bond acceptors (Lipinski definition) is 4. The van der Waals surface area contributed by atoms with Gasteiger partial charge in [0.15, 0.2) is 0 Å². The third-order valence-corrected chi connectivity index (χ3v) is 2.74. The third kappa shape index (κ3) is 5.65. The van der Waals surface area contributed by atoms with Gasteiger partial charge in [-0.2, -0.15) is 0 Å². The molecule has 94 valence electrons. The Hall–Kier alpha value is -0.360. The van der Waals surface area contributed by atoms with E-state index >= 15 is 0 Å². The lowest BCUT2D eigenvalue weighted by molar-refractivity contribution is -0.130. The van der Waals surface area contributed by atoms with E-state index in [4.69, 9.17) is 5.73 Å². The Labute approximate surface area is 112 Å². The number of nitrogens with zero attached hydrogens (tertiary/aromatic N) is 2. The van der Waals surface area contributed by atoms with Crippen molar-refractivity contribution in [1.82, 2.24) is 9.88 Å². The van der Waals surface area contributed by atoms with Crippen molar-refractivity contribution in [1.29, 1.82) is 0 Å². The summed E-state index contributed by atoms with van der Waals surface area (Å²) < 4.78 is 0. The summed E-state index contributed by atoms with van der Waals surface area (Å²) in [7, 11) is 1.78. The average Bonchev–Trinajstić information content (AvgIpc) is 2.51. The normalized spacial score (nSPS) is 8.94. The first kappa shape index (κ1) is 18.0. The summed E-state index contributed by atoms with van der Waals surface area (Å²) in [6.45, 7) is 2.99. The van der Waals surface area contributed by atoms with Crippen molar-refractivity contribution in [3.8, 4) is 0 Å². The summed E-state index contributed by atoms with van der Waals surface area (Å²) in [5.41, 5.74) is 5.31. The van der Waals surface area contributed by atoms with Crippen molar-refractivity contribution in [2.75, 3.05) is 13.6 Å². The molecule has 0 aliphatic rings. The molecule has 16 heavy (non-hydrogen) atoms. The Balaban J connectivity index is 0. The molecule has 1 rings (SSSR count). The molecule has 2 N–H and O–H groups in total. The van der Waals surface area contributed by atoms with E-state index in [1.807, 2.05) is 13.1 Å². The van der Waals surface area contributed by atoms with Crippen LogP contribution >= 0.6 is 36.2 Å². The molecule has 1 aromatic rings. The van der Waals surface area contributed by atoms with E-state index < -0.39 is 0 Å². The Morgan fingerprint density at radius 2 is 2.19 bits per heavy atom. The van der Waals surface area contributed by atoms with Crippen LogP contribution in [-0.2, 0) is 11.3 Å². The third-order valence-electron chi connectivity index (χ3n) is 1.85. The maximum absolute atomic E-state index is 11.4. The SMILES string of the molecule is Cc1ncc(CN(C)C(=O)CCN)s1.Cl.Cl. The molecule has 0 aromatic carbocycles. The topological polar surface area (TPSA) is 59.2 Å². The molecule has 0 fully saturated rings. The second kappa shape index (κ2) is 8.75. The molecular weight excluding hydrogens is 269 g/mol. The lowest BCUT2D eigenvalue weighted by atomic mass is 10.3. The number of thiazole rings is 1. The van der Waals surface area contributed by atoms with Gasteiger partial charge in [0, 0.05) is 31.1 Å². The molecule has 1 aromatic heterocycles. The number of aromatic nitrogens is 1. The van der Waals surface area contributed by atoms with Gasteiger partial charge in [0.25, 0.3) is 0 Å². The fourth-order valence-electron chi connectivity index (χ4n) is 1.11. The highest BCUT2D eigenvalue weighted by Crippen LogP contribution is 2.13. The van der Waals surface area contributed by atoms with Gasteiger partial charge >= 0.3 is 0 Å². The van der Waals surface area contributed by atoms with Crippen LogP contribution in [0.3, 0.4) is 0 Å². The summed E-state index contributed by atoms with van der Waals surface area (Å²) in [6.07, 6.45) is 2.22. The second-order valence-electron chi connectivity index (χ2n) is 3.13. The summed E-state index contributed by atoms with van der Waals surface area (Å²) in [5, 5.41) is 1.03. The molecular formula is C9H17Cl2N3OS. The van der Waals surface area contributed by atoms with Crippen molar-refractivity contribution in [2.24, 2.45) is 5.73 Å². The number of nitrogens with two attached hydrogens (primary N) is 1. The predicted octanol–water partition coefficient (Wildman–Crippen LogP) is 1.60. The molecule has 0 spiro atoms. The zero-order chi connectivity index (χ0) is 10.6. The molecule has 0 atom stereocenters. The van der Waals surface area contributed by atoms with Crippen LogP contribution in [0.2, 0.25) is 0 Å². The minimum atomic E-state index is 0. The lowest BCUT2D eigenvalue weighted by Crippen LogP contribution is -2.27. The zero-order valence-corrected chi connectivity index (χ0v) is 11.8. The number of carbonyl (C=O) groups is 1. The van der Waals surface area contributed by atoms with E-state index in [9.17, 15) is 4.79 Å². The monoisotopic (exact) mass is 285 g/mol. The van der Waals surface area contributed by atoms with Crippen LogP contribution in [0.15, 0.2) is 6.20 Å². The maximum atomic E-state index is 11.4. The highest BCUT2D eigenvalue weighted by atomic mass is 35.5. The fraction of sp³-hybridized carbons (Fsp3) is 0.556. The van der Waals surface area contributed by atoms with Gasteiger partial charge in [-0.15, -0.1) is 36.2 Å². The molecule has 0 aliphatic heterocycles. The smallest absolute Gasteiger partial charge is 0.223 e. The second-order valence-corrected chi connectivity index (χ2v) is 4.45. The standard InChI is InChI=1S/C9H15N3OS.2ClH/c1-7-11-5-8(14-7)6-12(2)9(13)3-4-10;;/h5H,3-4,6,10H2,1-2H3;2*1H. The van der Waals surface area contributed by atoms with Crippen molar-refractivity contribution < 1.29 is 4.79 Å². The van der Waals surface area contributed by atoms with Gasteiger partial charge in [-0.05, 0) is 6.92 Å². The number of aryl methyl sites for hydroxylation is 1. The Morgan fingerprint density at radius 3 is 2.62 bits per heavy atom. The van der Waals surface area contributed by atoms with Crippen LogP contribution in [0.5, 0.6) is 0 Å². The largest absolute Gasteiger partial charge is 0.341 e. The van der Waals surface area contributed by atoms with Crippen LogP contribution in [-0.4, -0.2) is 29.4 Å². The van der Waals surface area contributed by atoms with Gasteiger partial charge in [0.2, 0.25) is 5.91 Å². The molecule has 0 saturated carbocycles. The van der Waals surface area contributed by atoms with Crippen LogP contribution in [0.1, 0.15) is 16.3 Å². The molecule has 7 heteroatoms. The van der Waals surface area contributed by atoms with Gasteiger partial charge < -0.3 is 10.6 Å².